The minimum atomic E-state index is -0.445. The Morgan fingerprint density at radius 3 is 2.78 bits per heavy atom. The number of para-hydroxylation sites is 1. The van der Waals surface area contributed by atoms with E-state index in [1.807, 2.05) is 49.3 Å². The first kappa shape index (κ1) is 22.1. The van der Waals surface area contributed by atoms with Crippen molar-refractivity contribution < 1.29 is 13.9 Å². The monoisotopic (exact) mass is 434 g/mol. The summed E-state index contributed by atoms with van der Waals surface area (Å²) in [5.41, 5.74) is 3.15. The van der Waals surface area contributed by atoms with Gasteiger partial charge in [-0.3, -0.25) is 4.79 Å². The van der Waals surface area contributed by atoms with Crippen LogP contribution in [0.2, 0.25) is 0 Å². The molecule has 1 amide bonds. The van der Waals surface area contributed by atoms with E-state index in [2.05, 4.69) is 13.0 Å². The summed E-state index contributed by atoms with van der Waals surface area (Å²) in [5, 5.41) is 0.792. The van der Waals surface area contributed by atoms with Crippen molar-refractivity contribution in [2.45, 2.75) is 32.6 Å². The van der Waals surface area contributed by atoms with Crippen LogP contribution in [0.1, 0.15) is 41.3 Å². The van der Waals surface area contributed by atoms with E-state index in [9.17, 15) is 9.59 Å². The Hall–Kier alpha value is -3.12. The van der Waals surface area contributed by atoms with E-state index in [0.29, 0.717) is 36.6 Å². The summed E-state index contributed by atoms with van der Waals surface area (Å²) in [5.74, 6) is 0.253. The molecule has 2 aromatic carbocycles. The lowest BCUT2D eigenvalue weighted by Gasteiger charge is -2.30. The molecule has 0 unspecified atom stereocenters. The maximum atomic E-state index is 13.9. The van der Waals surface area contributed by atoms with Crippen molar-refractivity contribution in [1.82, 2.24) is 4.90 Å². The van der Waals surface area contributed by atoms with Crippen molar-refractivity contribution in [3.8, 4) is 5.75 Å². The predicted octanol–water partition coefficient (Wildman–Crippen LogP) is 4.28. The molecule has 4 rings (SSSR count). The SMILES string of the molecule is CCCc1cc(=O)oc2c(C(=O)N3CCCc4ccccc43)c(OCCN(C)C)ccc12. The third kappa shape index (κ3) is 4.41. The summed E-state index contributed by atoms with van der Waals surface area (Å²) in [7, 11) is 3.94. The number of amides is 1. The van der Waals surface area contributed by atoms with Crippen LogP contribution >= 0.6 is 0 Å². The molecule has 0 aliphatic carbocycles. The minimum Gasteiger partial charge on any atom is -0.491 e. The molecule has 32 heavy (non-hydrogen) atoms. The number of hydrogen-bond acceptors (Lipinski definition) is 5. The van der Waals surface area contributed by atoms with E-state index >= 15 is 0 Å². The smallest absolute Gasteiger partial charge is 0.336 e. The Morgan fingerprint density at radius 2 is 2.00 bits per heavy atom. The molecule has 1 aliphatic heterocycles. The molecule has 1 aromatic heterocycles. The van der Waals surface area contributed by atoms with Gasteiger partial charge in [-0.25, -0.2) is 4.79 Å². The number of aryl methyl sites for hydroxylation is 2. The molecule has 0 fully saturated rings. The van der Waals surface area contributed by atoms with Gasteiger partial charge in [0.25, 0.3) is 5.91 Å². The molecule has 6 nitrogen and oxygen atoms in total. The van der Waals surface area contributed by atoms with Crippen molar-refractivity contribution in [1.29, 1.82) is 0 Å². The topological polar surface area (TPSA) is 63.0 Å². The van der Waals surface area contributed by atoms with Crippen LogP contribution in [-0.2, 0) is 12.8 Å². The second-order valence-electron chi connectivity index (χ2n) is 8.50. The molecule has 6 heteroatoms. The molecule has 0 spiro atoms. The Labute approximate surface area is 188 Å². The highest BCUT2D eigenvalue weighted by Crippen LogP contribution is 2.34. The normalized spacial score (nSPS) is 13.4. The lowest BCUT2D eigenvalue weighted by atomic mass is 9.98. The van der Waals surface area contributed by atoms with Crippen molar-refractivity contribution in [3.05, 3.63) is 69.6 Å². The molecule has 2 heterocycles. The minimum absolute atomic E-state index is 0.195. The molecule has 0 saturated carbocycles. The third-order valence-corrected chi connectivity index (χ3v) is 5.84. The predicted molar refractivity (Wildman–Crippen MR) is 127 cm³/mol. The van der Waals surface area contributed by atoms with Gasteiger partial charge in [-0.2, -0.15) is 0 Å². The second-order valence-corrected chi connectivity index (χ2v) is 8.50. The van der Waals surface area contributed by atoms with Crippen LogP contribution in [0.3, 0.4) is 0 Å². The zero-order valence-electron chi connectivity index (χ0n) is 19.0. The first-order chi connectivity index (χ1) is 15.5. The van der Waals surface area contributed by atoms with E-state index in [0.717, 1.165) is 47.9 Å². The molecule has 0 radical (unpaired) electrons. The van der Waals surface area contributed by atoms with Crippen LogP contribution in [0.5, 0.6) is 5.75 Å². The van der Waals surface area contributed by atoms with Crippen LogP contribution in [0.25, 0.3) is 11.0 Å². The second kappa shape index (κ2) is 9.57. The highest BCUT2D eigenvalue weighted by Gasteiger charge is 2.29. The molecule has 3 aromatic rings. The molecule has 1 aliphatic rings. The van der Waals surface area contributed by atoms with Crippen LogP contribution in [0, 0.1) is 0 Å². The van der Waals surface area contributed by atoms with E-state index < -0.39 is 5.63 Å². The largest absolute Gasteiger partial charge is 0.491 e. The molecule has 168 valence electrons. The van der Waals surface area contributed by atoms with Crippen LogP contribution in [0.15, 0.2) is 51.7 Å². The molecule has 0 saturated heterocycles. The summed E-state index contributed by atoms with van der Waals surface area (Å²) in [6, 6.07) is 13.2. The fraction of sp³-hybridized carbons (Fsp3) is 0.385. The summed E-state index contributed by atoms with van der Waals surface area (Å²) >= 11 is 0. The number of hydrogen-bond donors (Lipinski definition) is 0. The Morgan fingerprint density at radius 1 is 1.19 bits per heavy atom. The number of ether oxygens (including phenoxy) is 1. The average Bonchev–Trinajstić information content (AvgIpc) is 2.78. The molecule has 0 bridgehead atoms. The first-order valence-corrected chi connectivity index (χ1v) is 11.3. The van der Waals surface area contributed by atoms with Gasteiger partial charge in [0, 0.05) is 30.2 Å². The molecular weight excluding hydrogens is 404 g/mol. The van der Waals surface area contributed by atoms with E-state index in [1.165, 1.54) is 6.07 Å². The highest BCUT2D eigenvalue weighted by molar-refractivity contribution is 6.15. The summed E-state index contributed by atoms with van der Waals surface area (Å²) in [6.45, 7) is 3.81. The van der Waals surface area contributed by atoms with Gasteiger partial charge < -0.3 is 19.0 Å². The van der Waals surface area contributed by atoms with Gasteiger partial charge in [0.1, 0.15) is 17.9 Å². The lowest BCUT2D eigenvalue weighted by molar-refractivity contribution is 0.0981. The lowest BCUT2D eigenvalue weighted by Crippen LogP contribution is -2.36. The van der Waals surface area contributed by atoms with Gasteiger partial charge in [0.15, 0.2) is 5.58 Å². The number of rotatable bonds is 7. The fourth-order valence-corrected chi connectivity index (χ4v) is 4.29. The Kier molecular flexibility index (Phi) is 6.61. The van der Waals surface area contributed by atoms with Crippen LogP contribution in [0.4, 0.5) is 5.69 Å². The summed E-state index contributed by atoms with van der Waals surface area (Å²) in [6.07, 6.45) is 3.46. The fourth-order valence-electron chi connectivity index (χ4n) is 4.29. The van der Waals surface area contributed by atoms with Gasteiger partial charge >= 0.3 is 5.63 Å². The number of likely N-dealkylation sites (N-methyl/N-ethyl adjacent to an activating group) is 1. The molecule has 0 atom stereocenters. The van der Waals surface area contributed by atoms with Gasteiger partial charge in [-0.1, -0.05) is 31.5 Å². The van der Waals surface area contributed by atoms with Crippen molar-refractivity contribution in [2.75, 3.05) is 38.7 Å². The number of carbonyl (C=O) groups is 1. The van der Waals surface area contributed by atoms with Crippen LogP contribution < -0.4 is 15.3 Å². The molecule has 0 N–H and O–H groups in total. The summed E-state index contributed by atoms with van der Waals surface area (Å²) in [4.78, 5) is 30.2. The third-order valence-electron chi connectivity index (χ3n) is 5.84. The van der Waals surface area contributed by atoms with Crippen molar-refractivity contribution in [2.24, 2.45) is 0 Å². The zero-order valence-corrected chi connectivity index (χ0v) is 19.0. The maximum absolute atomic E-state index is 13.9. The average molecular weight is 435 g/mol. The molecular formula is C26H30N2O4. The highest BCUT2D eigenvalue weighted by atomic mass is 16.5. The number of carbonyl (C=O) groups excluding carboxylic acids is 1. The van der Waals surface area contributed by atoms with E-state index in [1.54, 1.807) is 4.90 Å². The van der Waals surface area contributed by atoms with Crippen molar-refractivity contribution in [3.63, 3.8) is 0 Å². The first-order valence-electron chi connectivity index (χ1n) is 11.3. The standard InChI is InChI=1S/C26H30N2O4/c1-4-8-19-17-23(29)32-25-20(19)12-13-22(31-16-15-27(2)3)24(25)26(30)28-14-7-10-18-9-5-6-11-21(18)28/h5-6,9,11-13,17H,4,7-8,10,14-16H2,1-3H3. The zero-order chi connectivity index (χ0) is 22.7. The number of nitrogens with zero attached hydrogens (tertiary/aromatic N) is 2. The van der Waals surface area contributed by atoms with Gasteiger partial charge in [-0.05, 0) is 62.7 Å². The number of anilines is 1. The van der Waals surface area contributed by atoms with Crippen molar-refractivity contribution >= 4 is 22.6 Å². The maximum Gasteiger partial charge on any atom is 0.336 e. The van der Waals surface area contributed by atoms with E-state index in [-0.39, 0.29) is 5.91 Å². The summed E-state index contributed by atoms with van der Waals surface area (Å²) < 4.78 is 11.7. The van der Waals surface area contributed by atoms with Gasteiger partial charge in [0.2, 0.25) is 0 Å². The van der Waals surface area contributed by atoms with Gasteiger partial charge in [0.05, 0.1) is 0 Å². The van der Waals surface area contributed by atoms with Gasteiger partial charge in [-0.15, -0.1) is 0 Å². The van der Waals surface area contributed by atoms with E-state index in [4.69, 9.17) is 9.15 Å². The quantitative estimate of drug-likeness (QED) is 0.520. The number of benzene rings is 2. The van der Waals surface area contributed by atoms with Crippen LogP contribution in [-0.4, -0.2) is 44.6 Å². The Bertz CT molecular complexity index is 1180. The Balaban J connectivity index is 1.86. The number of fused-ring (bicyclic) bond motifs is 2.